The molecule has 140 valence electrons. The summed E-state index contributed by atoms with van der Waals surface area (Å²) >= 11 is 11.7. The van der Waals surface area contributed by atoms with Gasteiger partial charge in [-0.15, -0.1) is 0 Å². The number of halogens is 5. The van der Waals surface area contributed by atoms with Crippen LogP contribution in [0.25, 0.3) is 10.9 Å². The Morgan fingerprint density at radius 1 is 1.22 bits per heavy atom. The minimum atomic E-state index is -4.53. The van der Waals surface area contributed by atoms with E-state index < -0.39 is 23.4 Å². The zero-order valence-corrected chi connectivity index (χ0v) is 14.8. The fourth-order valence-electron chi connectivity index (χ4n) is 2.42. The van der Waals surface area contributed by atoms with Gasteiger partial charge in [0.25, 0.3) is 5.91 Å². The molecule has 1 amide bonds. The number of hydrogen-bond donors (Lipinski definition) is 2. The lowest BCUT2D eigenvalue weighted by atomic mass is 10.1. The van der Waals surface area contributed by atoms with E-state index in [-0.39, 0.29) is 38.9 Å². The maximum absolute atomic E-state index is 13.0. The molecule has 0 fully saturated rings. The first-order valence-corrected chi connectivity index (χ1v) is 8.21. The van der Waals surface area contributed by atoms with Crippen molar-refractivity contribution < 1.29 is 23.1 Å². The van der Waals surface area contributed by atoms with Crippen molar-refractivity contribution in [2.24, 2.45) is 0 Å². The normalized spacial score (nSPS) is 11.6. The van der Waals surface area contributed by atoms with Crippen molar-refractivity contribution in [1.29, 1.82) is 0 Å². The number of nitrogens with one attached hydrogen (secondary N) is 1. The second-order valence-electron chi connectivity index (χ2n) is 5.49. The number of nitrogens with zero attached hydrogens (tertiary/aromatic N) is 2. The van der Waals surface area contributed by atoms with Gasteiger partial charge in [-0.1, -0.05) is 41.4 Å². The molecule has 0 saturated heterocycles. The van der Waals surface area contributed by atoms with Crippen LogP contribution in [-0.2, 0) is 12.7 Å². The lowest BCUT2D eigenvalue weighted by Gasteiger charge is -2.13. The molecule has 10 heteroatoms. The maximum Gasteiger partial charge on any atom is 0.416 e. The van der Waals surface area contributed by atoms with E-state index in [2.05, 4.69) is 15.3 Å². The fourth-order valence-corrected chi connectivity index (χ4v) is 2.89. The van der Waals surface area contributed by atoms with E-state index in [0.29, 0.717) is 0 Å². The van der Waals surface area contributed by atoms with E-state index in [0.717, 1.165) is 6.07 Å². The number of aromatic nitrogens is 2. The number of amides is 1. The number of hydrogen-bond acceptors (Lipinski definition) is 4. The van der Waals surface area contributed by atoms with Gasteiger partial charge in [0, 0.05) is 18.1 Å². The minimum Gasteiger partial charge on any atom is -0.504 e. The second kappa shape index (κ2) is 7.21. The number of aromatic hydroxyl groups is 1. The summed E-state index contributed by atoms with van der Waals surface area (Å²) < 4.78 is 39.0. The van der Waals surface area contributed by atoms with Crippen molar-refractivity contribution >= 4 is 40.0 Å². The average molecular weight is 416 g/mol. The first kappa shape index (κ1) is 19.2. The summed E-state index contributed by atoms with van der Waals surface area (Å²) in [6.45, 7) is -0.335. The largest absolute Gasteiger partial charge is 0.504 e. The molecular formula is C17H10Cl2F3N3O2. The topological polar surface area (TPSA) is 75.1 Å². The van der Waals surface area contributed by atoms with Crippen LogP contribution >= 0.6 is 23.2 Å². The summed E-state index contributed by atoms with van der Waals surface area (Å²) in [5, 5.41) is 12.0. The molecular weight excluding hydrogens is 406 g/mol. The molecule has 0 spiro atoms. The first-order valence-electron chi connectivity index (χ1n) is 7.45. The Bertz CT molecular complexity index is 1040. The van der Waals surface area contributed by atoms with Crippen LogP contribution in [0.3, 0.4) is 0 Å². The third-order valence-corrected chi connectivity index (χ3v) is 4.38. The zero-order chi connectivity index (χ0) is 19.8. The van der Waals surface area contributed by atoms with E-state index in [4.69, 9.17) is 23.2 Å². The number of rotatable bonds is 3. The molecule has 0 saturated carbocycles. The van der Waals surface area contributed by atoms with Crippen LogP contribution in [0.15, 0.2) is 36.5 Å². The highest BCUT2D eigenvalue weighted by molar-refractivity contribution is 6.40. The molecule has 2 heterocycles. The van der Waals surface area contributed by atoms with Crippen LogP contribution < -0.4 is 5.32 Å². The van der Waals surface area contributed by atoms with Gasteiger partial charge < -0.3 is 10.4 Å². The van der Waals surface area contributed by atoms with Gasteiger partial charge in [-0.3, -0.25) is 9.78 Å². The quantitative estimate of drug-likeness (QED) is 0.613. The van der Waals surface area contributed by atoms with Crippen LogP contribution in [0.2, 0.25) is 10.2 Å². The van der Waals surface area contributed by atoms with Crippen molar-refractivity contribution in [3.8, 4) is 5.75 Å². The van der Waals surface area contributed by atoms with Crippen molar-refractivity contribution in [3.05, 3.63) is 63.5 Å². The Hall–Kier alpha value is -2.58. The monoisotopic (exact) mass is 415 g/mol. The van der Waals surface area contributed by atoms with Gasteiger partial charge in [-0.2, -0.15) is 13.2 Å². The molecule has 1 aromatic carbocycles. The van der Waals surface area contributed by atoms with Crippen LogP contribution in [0.1, 0.15) is 21.6 Å². The number of alkyl halides is 3. The van der Waals surface area contributed by atoms with Crippen molar-refractivity contribution in [2.45, 2.75) is 12.7 Å². The zero-order valence-electron chi connectivity index (χ0n) is 13.3. The van der Waals surface area contributed by atoms with E-state index in [1.807, 2.05) is 0 Å². The number of carbonyl (C=O) groups is 1. The number of benzene rings is 1. The molecule has 0 aliphatic carbocycles. The van der Waals surface area contributed by atoms with Crippen LogP contribution in [0, 0.1) is 0 Å². The highest BCUT2D eigenvalue weighted by Gasteiger charge is 2.32. The third kappa shape index (κ3) is 3.91. The third-order valence-electron chi connectivity index (χ3n) is 3.74. The number of pyridine rings is 2. The van der Waals surface area contributed by atoms with Gasteiger partial charge in [-0.05, 0) is 17.7 Å². The van der Waals surface area contributed by atoms with Gasteiger partial charge in [0.2, 0.25) is 0 Å². The van der Waals surface area contributed by atoms with Gasteiger partial charge in [0.15, 0.2) is 10.9 Å². The lowest BCUT2D eigenvalue weighted by molar-refractivity contribution is -0.138. The summed E-state index contributed by atoms with van der Waals surface area (Å²) in [6, 6.07) is 6.22. The predicted octanol–water partition coefficient (Wildman–Crippen LogP) is 4.59. The highest BCUT2D eigenvalue weighted by Crippen LogP contribution is 2.35. The van der Waals surface area contributed by atoms with E-state index in [1.165, 1.54) is 30.5 Å². The SMILES string of the molecule is O=C(NCc1ccccc1C(F)(F)F)c1cc2nc(Cl)c(O)c(Cl)c2cn1. The lowest BCUT2D eigenvalue weighted by Crippen LogP contribution is -2.25. The molecule has 0 radical (unpaired) electrons. The molecule has 0 bridgehead atoms. The highest BCUT2D eigenvalue weighted by atomic mass is 35.5. The molecule has 27 heavy (non-hydrogen) atoms. The van der Waals surface area contributed by atoms with Crippen molar-refractivity contribution in [3.63, 3.8) is 0 Å². The summed E-state index contributed by atoms with van der Waals surface area (Å²) in [5.41, 5.74) is -0.781. The van der Waals surface area contributed by atoms with E-state index in [1.54, 1.807) is 0 Å². The van der Waals surface area contributed by atoms with Gasteiger partial charge in [0.05, 0.1) is 16.1 Å². The molecule has 0 atom stereocenters. The van der Waals surface area contributed by atoms with E-state index in [9.17, 15) is 23.1 Å². The summed E-state index contributed by atoms with van der Waals surface area (Å²) in [4.78, 5) is 20.1. The summed E-state index contributed by atoms with van der Waals surface area (Å²) in [6.07, 6.45) is -3.30. The van der Waals surface area contributed by atoms with E-state index >= 15 is 0 Å². The maximum atomic E-state index is 13.0. The fraction of sp³-hybridized carbons (Fsp3) is 0.118. The Kier molecular flexibility index (Phi) is 5.12. The standard InChI is InChI=1S/C17H10Cl2F3N3O2/c18-13-9-7-23-12(5-11(9)25-15(19)14(13)26)16(27)24-6-8-3-1-2-4-10(8)17(20,21)22/h1-5,7,26H,6H2,(H,24,27). The Morgan fingerprint density at radius 3 is 2.63 bits per heavy atom. The first-order chi connectivity index (χ1) is 12.7. The molecule has 0 aliphatic rings. The van der Waals surface area contributed by atoms with Crippen molar-refractivity contribution in [2.75, 3.05) is 0 Å². The average Bonchev–Trinajstić information content (AvgIpc) is 2.63. The number of fused-ring (bicyclic) bond motifs is 1. The molecule has 2 N–H and O–H groups in total. The smallest absolute Gasteiger partial charge is 0.416 e. The van der Waals surface area contributed by atoms with Crippen molar-refractivity contribution in [1.82, 2.24) is 15.3 Å². The predicted molar refractivity (Wildman–Crippen MR) is 93.8 cm³/mol. The van der Waals surface area contributed by atoms with Crippen LogP contribution in [0.4, 0.5) is 13.2 Å². The Balaban J connectivity index is 1.85. The van der Waals surface area contributed by atoms with Gasteiger partial charge >= 0.3 is 6.18 Å². The summed E-state index contributed by atoms with van der Waals surface area (Å²) in [7, 11) is 0. The molecule has 0 aliphatic heterocycles. The van der Waals surface area contributed by atoms with Gasteiger partial charge in [-0.25, -0.2) is 4.98 Å². The Labute approximate surface area is 160 Å². The molecule has 2 aromatic heterocycles. The molecule has 3 rings (SSSR count). The minimum absolute atomic E-state index is 0.0661. The molecule has 3 aromatic rings. The number of carbonyl (C=O) groups excluding carboxylic acids is 1. The second-order valence-corrected chi connectivity index (χ2v) is 6.23. The molecule has 5 nitrogen and oxygen atoms in total. The Morgan fingerprint density at radius 2 is 1.93 bits per heavy atom. The van der Waals surface area contributed by atoms with Crippen LogP contribution in [0.5, 0.6) is 5.75 Å². The van der Waals surface area contributed by atoms with Crippen LogP contribution in [-0.4, -0.2) is 21.0 Å². The van der Waals surface area contributed by atoms with Gasteiger partial charge in [0.1, 0.15) is 5.69 Å². The summed E-state index contributed by atoms with van der Waals surface area (Å²) in [5.74, 6) is -1.11. The molecule has 0 unspecified atom stereocenters.